The summed E-state index contributed by atoms with van der Waals surface area (Å²) in [7, 11) is 1.74. The summed E-state index contributed by atoms with van der Waals surface area (Å²) in [6.07, 6.45) is 1.55. The van der Waals surface area contributed by atoms with E-state index in [-0.39, 0.29) is 36.1 Å². The van der Waals surface area contributed by atoms with E-state index in [1.807, 2.05) is 51.2 Å². The highest BCUT2D eigenvalue weighted by atomic mass is 127. The first-order valence-corrected chi connectivity index (χ1v) is 9.13. The van der Waals surface area contributed by atoms with Crippen LogP contribution >= 0.6 is 24.0 Å². The molecule has 1 aliphatic rings. The number of aliphatic imine (C=N–C) groups is 1. The second-order valence-corrected chi connectivity index (χ2v) is 7.64. The molecule has 1 fully saturated rings. The molecule has 0 radical (unpaired) electrons. The van der Waals surface area contributed by atoms with Gasteiger partial charge in [-0.05, 0) is 38.5 Å². The number of para-hydroxylation sites is 1. The molecule has 152 valence electrons. The number of rotatable bonds is 3. The normalized spacial score (nSPS) is 14.9. The third kappa shape index (κ3) is 5.70. The molecule has 3 rings (SSSR count). The number of likely N-dealkylation sites (tertiary alicyclic amines) is 1. The number of hydrogen-bond donors (Lipinski definition) is 2. The number of hydrogen-bond acceptors (Lipinski definition) is 4. The molecule has 1 aliphatic heterocycles. The SMILES string of the molecule is CN=C(NCc1ccnc2ccccc12)NC1CN(C(=O)OC(C)(C)C)C1.I. The summed E-state index contributed by atoms with van der Waals surface area (Å²) in [5, 5.41) is 7.81. The molecule has 8 heteroatoms. The van der Waals surface area contributed by atoms with Crippen LogP contribution in [0.25, 0.3) is 10.9 Å². The van der Waals surface area contributed by atoms with Crippen LogP contribution in [0.2, 0.25) is 0 Å². The highest BCUT2D eigenvalue weighted by Gasteiger charge is 2.34. The van der Waals surface area contributed by atoms with Crippen molar-refractivity contribution in [3.8, 4) is 0 Å². The van der Waals surface area contributed by atoms with Gasteiger partial charge in [0.2, 0.25) is 0 Å². The fourth-order valence-electron chi connectivity index (χ4n) is 2.92. The largest absolute Gasteiger partial charge is 0.444 e. The predicted molar refractivity (Wildman–Crippen MR) is 122 cm³/mol. The van der Waals surface area contributed by atoms with Gasteiger partial charge in [-0.15, -0.1) is 24.0 Å². The van der Waals surface area contributed by atoms with E-state index in [4.69, 9.17) is 4.74 Å². The Bertz CT molecular complexity index is 839. The van der Waals surface area contributed by atoms with E-state index in [0.29, 0.717) is 25.6 Å². The van der Waals surface area contributed by atoms with E-state index < -0.39 is 5.60 Å². The van der Waals surface area contributed by atoms with E-state index in [9.17, 15) is 4.79 Å². The molecule has 2 N–H and O–H groups in total. The van der Waals surface area contributed by atoms with Gasteiger partial charge in [-0.3, -0.25) is 9.98 Å². The molecule has 2 aromatic rings. The maximum atomic E-state index is 12.0. The number of nitrogens with zero attached hydrogens (tertiary/aromatic N) is 3. The van der Waals surface area contributed by atoms with E-state index in [2.05, 4.69) is 26.7 Å². The zero-order valence-electron chi connectivity index (χ0n) is 16.7. The first kappa shape index (κ1) is 22.2. The Morgan fingerprint density at radius 3 is 2.68 bits per heavy atom. The number of aromatic nitrogens is 1. The van der Waals surface area contributed by atoms with Gasteiger partial charge >= 0.3 is 6.09 Å². The lowest BCUT2D eigenvalue weighted by molar-refractivity contribution is 0.00701. The number of nitrogens with one attached hydrogen (secondary N) is 2. The van der Waals surface area contributed by atoms with Crippen molar-refractivity contribution in [2.45, 2.75) is 39.0 Å². The average Bonchev–Trinajstić information content (AvgIpc) is 2.58. The lowest BCUT2D eigenvalue weighted by Gasteiger charge is -2.40. The van der Waals surface area contributed by atoms with Gasteiger partial charge in [-0.2, -0.15) is 0 Å². The third-order valence-corrected chi connectivity index (χ3v) is 4.28. The van der Waals surface area contributed by atoms with Gasteiger partial charge in [0.25, 0.3) is 0 Å². The van der Waals surface area contributed by atoms with Gasteiger partial charge in [0.05, 0.1) is 11.6 Å². The number of benzene rings is 1. The summed E-state index contributed by atoms with van der Waals surface area (Å²) in [5.41, 5.74) is 1.67. The molecule has 7 nitrogen and oxygen atoms in total. The summed E-state index contributed by atoms with van der Waals surface area (Å²) >= 11 is 0. The fraction of sp³-hybridized carbons (Fsp3) is 0.450. The quantitative estimate of drug-likeness (QED) is 0.387. The summed E-state index contributed by atoms with van der Waals surface area (Å²) in [6, 6.07) is 10.3. The molecule has 28 heavy (non-hydrogen) atoms. The van der Waals surface area contributed by atoms with Crippen LogP contribution in [0, 0.1) is 0 Å². The van der Waals surface area contributed by atoms with E-state index >= 15 is 0 Å². The molecule has 0 spiro atoms. The minimum atomic E-state index is -0.472. The van der Waals surface area contributed by atoms with Crippen LogP contribution in [-0.4, -0.2) is 53.7 Å². The molecule has 0 saturated carbocycles. The molecule has 0 unspecified atom stereocenters. The van der Waals surface area contributed by atoms with Crippen LogP contribution in [0.4, 0.5) is 4.79 Å². The summed E-state index contributed by atoms with van der Waals surface area (Å²) in [5.74, 6) is 0.713. The van der Waals surface area contributed by atoms with Gasteiger partial charge in [0, 0.05) is 38.3 Å². The van der Waals surface area contributed by atoms with E-state index in [0.717, 1.165) is 16.5 Å². The Kier molecular flexibility index (Phi) is 7.45. The molecule has 1 aromatic carbocycles. The number of amides is 1. The molecule has 0 atom stereocenters. The van der Waals surface area contributed by atoms with Gasteiger partial charge in [0.15, 0.2) is 5.96 Å². The second-order valence-electron chi connectivity index (χ2n) is 7.64. The maximum Gasteiger partial charge on any atom is 0.410 e. The van der Waals surface area contributed by atoms with Crippen molar-refractivity contribution in [1.29, 1.82) is 0 Å². The van der Waals surface area contributed by atoms with Crippen LogP contribution in [0.15, 0.2) is 41.5 Å². The van der Waals surface area contributed by atoms with Crippen LogP contribution in [0.5, 0.6) is 0 Å². The summed E-state index contributed by atoms with van der Waals surface area (Å²) in [4.78, 5) is 22.4. The Labute approximate surface area is 183 Å². The van der Waals surface area contributed by atoms with Crippen molar-refractivity contribution in [2.24, 2.45) is 4.99 Å². The minimum absolute atomic E-state index is 0. The van der Waals surface area contributed by atoms with Crippen molar-refractivity contribution < 1.29 is 9.53 Å². The van der Waals surface area contributed by atoms with Crippen LogP contribution in [-0.2, 0) is 11.3 Å². The highest BCUT2D eigenvalue weighted by molar-refractivity contribution is 14.0. The van der Waals surface area contributed by atoms with Crippen molar-refractivity contribution >= 4 is 46.9 Å². The maximum absolute atomic E-state index is 12.0. The Morgan fingerprint density at radius 1 is 1.29 bits per heavy atom. The zero-order chi connectivity index (χ0) is 19.4. The van der Waals surface area contributed by atoms with Gasteiger partial charge in [-0.1, -0.05) is 18.2 Å². The lowest BCUT2D eigenvalue weighted by atomic mass is 10.1. The van der Waals surface area contributed by atoms with Gasteiger partial charge < -0.3 is 20.3 Å². The van der Waals surface area contributed by atoms with Crippen molar-refractivity contribution in [1.82, 2.24) is 20.5 Å². The van der Waals surface area contributed by atoms with Crippen molar-refractivity contribution in [3.05, 3.63) is 42.1 Å². The van der Waals surface area contributed by atoms with Crippen LogP contribution < -0.4 is 10.6 Å². The molecule has 2 heterocycles. The second kappa shape index (κ2) is 9.40. The van der Waals surface area contributed by atoms with E-state index in [1.54, 1.807) is 11.9 Å². The number of halogens is 1. The van der Waals surface area contributed by atoms with E-state index in [1.165, 1.54) is 0 Å². The minimum Gasteiger partial charge on any atom is -0.444 e. The predicted octanol–water partition coefficient (Wildman–Crippen LogP) is 3.14. The molecule has 1 amide bonds. The molecule has 1 saturated heterocycles. The molecular weight excluding hydrogens is 469 g/mol. The topological polar surface area (TPSA) is 78.9 Å². The van der Waals surface area contributed by atoms with Crippen molar-refractivity contribution in [3.63, 3.8) is 0 Å². The first-order chi connectivity index (χ1) is 12.9. The Hall–Kier alpha value is -2.10. The third-order valence-electron chi connectivity index (χ3n) is 4.28. The fourth-order valence-corrected chi connectivity index (χ4v) is 2.92. The highest BCUT2D eigenvalue weighted by Crippen LogP contribution is 2.17. The van der Waals surface area contributed by atoms with Gasteiger partial charge in [0.1, 0.15) is 5.60 Å². The number of guanidine groups is 1. The number of carbonyl (C=O) groups excluding carboxylic acids is 1. The number of pyridine rings is 1. The lowest BCUT2D eigenvalue weighted by Crippen LogP contribution is -2.63. The number of carbonyl (C=O) groups is 1. The van der Waals surface area contributed by atoms with Crippen LogP contribution in [0.1, 0.15) is 26.3 Å². The zero-order valence-corrected chi connectivity index (χ0v) is 19.1. The number of ether oxygens (including phenoxy) is 1. The van der Waals surface area contributed by atoms with Crippen LogP contribution in [0.3, 0.4) is 0 Å². The van der Waals surface area contributed by atoms with Gasteiger partial charge in [-0.25, -0.2) is 4.79 Å². The Balaban J connectivity index is 0.00000280. The smallest absolute Gasteiger partial charge is 0.410 e. The molecular formula is C20H28IN5O2. The Morgan fingerprint density at radius 2 is 2.00 bits per heavy atom. The molecule has 0 bridgehead atoms. The number of fused-ring (bicyclic) bond motifs is 1. The monoisotopic (exact) mass is 497 g/mol. The summed E-state index contributed by atoms with van der Waals surface area (Å²) < 4.78 is 5.37. The standard InChI is InChI=1S/C20H27N5O2.HI/c1-20(2,3)27-19(26)25-12-15(13-25)24-18(21-4)23-11-14-9-10-22-17-8-6-5-7-16(14)17;/h5-10,15H,11-13H2,1-4H3,(H2,21,23,24);1H. The van der Waals surface area contributed by atoms with Crippen molar-refractivity contribution in [2.75, 3.05) is 20.1 Å². The average molecular weight is 497 g/mol. The molecule has 0 aliphatic carbocycles. The first-order valence-electron chi connectivity index (χ1n) is 9.13. The summed E-state index contributed by atoms with van der Waals surface area (Å²) in [6.45, 7) is 7.46. The molecule has 1 aromatic heterocycles.